The van der Waals surface area contributed by atoms with Gasteiger partial charge in [0, 0.05) is 23.5 Å². The van der Waals surface area contributed by atoms with Crippen molar-refractivity contribution in [3.05, 3.63) is 46.9 Å². The number of amides is 1. The fraction of sp³-hybridized carbons (Fsp3) is 0.455. The smallest absolute Gasteiger partial charge is 0.263 e. The number of benzene rings is 1. The number of imidazole rings is 1. The summed E-state index contributed by atoms with van der Waals surface area (Å²) in [5, 5.41) is 3.26. The Balaban J connectivity index is 1.35. The Labute approximate surface area is 167 Å². The average molecular weight is 398 g/mol. The van der Waals surface area contributed by atoms with Crippen LogP contribution < -0.4 is 5.32 Å². The molecule has 0 spiro atoms. The van der Waals surface area contributed by atoms with Gasteiger partial charge in [0.2, 0.25) is 0 Å². The van der Waals surface area contributed by atoms with E-state index in [1.807, 2.05) is 17.5 Å². The van der Waals surface area contributed by atoms with E-state index >= 15 is 0 Å². The number of fused-ring (bicyclic) bond motifs is 3. The summed E-state index contributed by atoms with van der Waals surface area (Å²) in [4.78, 5) is 19.1. The molecule has 2 saturated carbocycles. The molecule has 0 saturated heterocycles. The number of hydrogen-bond acceptors (Lipinski definition) is 3. The van der Waals surface area contributed by atoms with Crippen molar-refractivity contribution in [2.75, 3.05) is 0 Å². The second kappa shape index (κ2) is 6.69. The van der Waals surface area contributed by atoms with Gasteiger partial charge in [0.25, 0.3) is 5.91 Å². The first-order valence-corrected chi connectivity index (χ1v) is 10.9. The molecule has 28 heavy (non-hydrogen) atoms. The van der Waals surface area contributed by atoms with Gasteiger partial charge in [-0.05, 0) is 75.1 Å². The van der Waals surface area contributed by atoms with Crippen LogP contribution in [0.5, 0.6) is 0 Å². The monoisotopic (exact) mass is 397 g/mol. The van der Waals surface area contributed by atoms with Crippen LogP contribution in [-0.4, -0.2) is 21.3 Å². The molecule has 0 radical (unpaired) electrons. The Morgan fingerprint density at radius 2 is 2.07 bits per heavy atom. The molecule has 2 aliphatic rings. The molecule has 146 valence electrons. The number of nitrogens with one attached hydrogen (secondary N) is 1. The predicted molar refractivity (Wildman–Crippen MR) is 109 cm³/mol. The summed E-state index contributed by atoms with van der Waals surface area (Å²) in [5.74, 6) is 2.04. The van der Waals surface area contributed by atoms with E-state index < -0.39 is 0 Å². The number of rotatable bonds is 4. The number of nitrogens with zero attached hydrogens (tertiary/aromatic N) is 2. The van der Waals surface area contributed by atoms with Crippen molar-refractivity contribution >= 4 is 22.2 Å². The Bertz CT molecular complexity index is 1040. The summed E-state index contributed by atoms with van der Waals surface area (Å²) in [6.07, 6.45) is 7.24. The number of aromatic nitrogens is 2. The van der Waals surface area contributed by atoms with Crippen molar-refractivity contribution in [1.29, 1.82) is 0 Å². The van der Waals surface area contributed by atoms with E-state index in [0.29, 0.717) is 5.92 Å². The first-order valence-electron chi connectivity index (χ1n) is 10.0. The largest absolute Gasteiger partial charge is 0.349 e. The van der Waals surface area contributed by atoms with Gasteiger partial charge < -0.3 is 5.32 Å². The molecule has 6 heteroatoms. The minimum Gasteiger partial charge on any atom is -0.349 e. The SMILES string of the molecule is Cc1c(C(=O)NC(C)C2CC3CCC2C3)sc2nc(-c3ccc(F)cc3)cn12. The van der Waals surface area contributed by atoms with Crippen LogP contribution in [0.25, 0.3) is 16.2 Å². The third kappa shape index (κ3) is 2.94. The van der Waals surface area contributed by atoms with Crippen LogP contribution in [0.1, 0.15) is 48.0 Å². The average Bonchev–Trinajstić information content (AvgIpc) is 3.44. The second-order valence-corrected chi connectivity index (χ2v) is 9.38. The van der Waals surface area contributed by atoms with Crippen molar-refractivity contribution in [2.45, 2.75) is 45.6 Å². The van der Waals surface area contributed by atoms with Gasteiger partial charge in [-0.2, -0.15) is 0 Å². The molecule has 5 rings (SSSR count). The molecule has 4 atom stereocenters. The fourth-order valence-corrected chi connectivity index (χ4v) is 6.22. The van der Waals surface area contributed by atoms with Crippen molar-refractivity contribution in [2.24, 2.45) is 17.8 Å². The van der Waals surface area contributed by atoms with Gasteiger partial charge in [-0.25, -0.2) is 9.37 Å². The molecule has 4 unspecified atom stereocenters. The zero-order chi connectivity index (χ0) is 19.4. The first-order chi connectivity index (χ1) is 13.5. The second-order valence-electron chi connectivity index (χ2n) is 8.40. The van der Waals surface area contributed by atoms with E-state index in [1.54, 1.807) is 12.1 Å². The van der Waals surface area contributed by atoms with Gasteiger partial charge in [-0.1, -0.05) is 17.8 Å². The van der Waals surface area contributed by atoms with Crippen LogP contribution in [0.15, 0.2) is 30.5 Å². The highest BCUT2D eigenvalue weighted by Crippen LogP contribution is 2.49. The minimum atomic E-state index is -0.260. The van der Waals surface area contributed by atoms with Crippen LogP contribution in [0.3, 0.4) is 0 Å². The van der Waals surface area contributed by atoms with Crippen LogP contribution in [0, 0.1) is 30.5 Å². The lowest BCUT2D eigenvalue weighted by atomic mass is 9.84. The molecule has 3 aromatic rings. The molecule has 2 bridgehead atoms. The van der Waals surface area contributed by atoms with Crippen molar-refractivity contribution in [1.82, 2.24) is 14.7 Å². The summed E-state index contributed by atoms with van der Waals surface area (Å²) in [6.45, 7) is 4.11. The number of carbonyl (C=O) groups is 1. The molecule has 0 aliphatic heterocycles. The molecular weight excluding hydrogens is 373 g/mol. The molecule has 2 aromatic heterocycles. The summed E-state index contributed by atoms with van der Waals surface area (Å²) in [6, 6.07) is 6.53. The number of thiazole rings is 1. The molecule has 1 N–H and O–H groups in total. The lowest BCUT2D eigenvalue weighted by Gasteiger charge is -2.28. The molecule has 2 fully saturated rings. The molecule has 4 nitrogen and oxygen atoms in total. The van der Waals surface area contributed by atoms with Gasteiger partial charge in [-0.3, -0.25) is 9.20 Å². The lowest BCUT2D eigenvalue weighted by molar-refractivity contribution is 0.0918. The van der Waals surface area contributed by atoms with Crippen molar-refractivity contribution < 1.29 is 9.18 Å². The zero-order valence-corrected chi connectivity index (χ0v) is 16.9. The standard InChI is InChI=1S/C22H24FN3OS/c1-12(18-10-14-3-4-16(18)9-14)24-21(27)20-13(2)26-11-19(25-22(26)28-20)15-5-7-17(23)8-6-15/h5-8,11-12,14,16,18H,3-4,9-10H2,1-2H3,(H,24,27). The Hall–Kier alpha value is -2.21. The number of hydrogen-bond donors (Lipinski definition) is 1. The summed E-state index contributed by atoms with van der Waals surface area (Å²) >= 11 is 1.42. The normalized spacial score (nSPS) is 24.8. The van der Waals surface area contributed by atoms with E-state index in [-0.39, 0.29) is 17.8 Å². The highest BCUT2D eigenvalue weighted by atomic mass is 32.1. The van der Waals surface area contributed by atoms with Crippen molar-refractivity contribution in [3.8, 4) is 11.3 Å². The molecular formula is C22H24FN3OS. The van der Waals surface area contributed by atoms with Gasteiger partial charge in [0.1, 0.15) is 10.7 Å². The number of aryl methyl sites for hydroxylation is 1. The maximum Gasteiger partial charge on any atom is 0.263 e. The number of carbonyl (C=O) groups excluding carboxylic acids is 1. The highest BCUT2D eigenvalue weighted by Gasteiger charge is 2.42. The molecule has 1 amide bonds. The predicted octanol–water partition coefficient (Wildman–Crippen LogP) is 5.06. The lowest BCUT2D eigenvalue weighted by Crippen LogP contribution is -2.40. The maximum absolute atomic E-state index is 13.2. The summed E-state index contributed by atoms with van der Waals surface area (Å²) in [7, 11) is 0. The van der Waals surface area contributed by atoms with Crippen LogP contribution in [0.4, 0.5) is 4.39 Å². The van der Waals surface area contributed by atoms with Crippen LogP contribution >= 0.6 is 11.3 Å². The topological polar surface area (TPSA) is 46.4 Å². The van der Waals surface area contributed by atoms with E-state index in [0.717, 1.165) is 38.6 Å². The van der Waals surface area contributed by atoms with Crippen molar-refractivity contribution in [3.63, 3.8) is 0 Å². The van der Waals surface area contributed by atoms with Gasteiger partial charge in [0.15, 0.2) is 4.96 Å². The minimum absolute atomic E-state index is 0.00612. The van der Waals surface area contributed by atoms with E-state index in [4.69, 9.17) is 0 Å². The third-order valence-corrected chi connectivity index (χ3v) is 7.85. The van der Waals surface area contributed by atoms with Gasteiger partial charge in [-0.15, -0.1) is 0 Å². The van der Waals surface area contributed by atoms with Gasteiger partial charge in [0.05, 0.1) is 5.69 Å². The third-order valence-electron chi connectivity index (χ3n) is 6.70. The summed E-state index contributed by atoms with van der Waals surface area (Å²) in [5.41, 5.74) is 2.56. The van der Waals surface area contributed by atoms with E-state index in [1.165, 1.54) is 49.2 Å². The van der Waals surface area contributed by atoms with Crippen LogP contribution in [-0.2, 0) is 0 Å². The Morgan fingerprint density at radius 1 is 1.29 bits per heavy atom. The zero-order valence-electron chi connectivity index (χ0n) is 16.1. The Kier molecular flexibility index (Phi) is 4.27. The molecule has 2 heterocycles. The Morgan fingerprint density at radius 3 is 2.71 bits per heavy atom. The number of halogens is 1. The highest BCUT2D eigenvalue weighted by molar-refractivity contribution is 7.19. The maximum atomic E-state index is 13.2. The first kappa shape index (κ1) is 17.9. The molecule has 1 aromatic carbocycles. The van der Waals surface area contributed by atoms with Gasteiger partial charge >= 0.3 is 0 Å². The van der Waals surface area contributed by atoms with E-state index in [2.05, 4.69) is 17.2 Å². The van der Waals surface area contributed by atoms with E-state index in [9.17, 15) is 9.18 Å². The fourth-order valence-electron chi connectivity index (χ4n) is 5.21. The molecule has 2 aliphatic carbocycles. The van der Waals surface area contributed by atoms with Crippen LogP contribution in [0.2, 0.25) is 0 Å². The summed E-state index contributed by atoms with van der Waals surface area (Å²) < 4.78 is 15.1. The quantitative estimate of drug-likeness (QED) is 0.668.